The monoisotopic (exact) mass is 397 g/mol. The Morgan fingerprint density at radius 3 is 2.64 bits per heavy atom. The van der Waals surface area contributed by atoms with E-state index in [0.717, 1.165) is 11.3 Å². The molecular formula is C18H17Cl2NO3S. The molecule has 0 radical (unpaired) electrons. The quantitative estimate of drug-likeness (QED) is 0.735. The fourth-order valence-corrected chi connectivity index (χ4v) is 4.55. The van der Waals surface area contributed by atoms with Gasteiger partial charge in [-0.05, 0) is 30.3 Å². The number of benzene rings is 2. The molecule has 1 unspecified atom stereocenters. The van der Waals surface area contributed by atoms with Gasteiger partial charge in [0.2, 0.25) is 0 Å². The lowest BCUT2D eigenvalue weighted by Crippen LogP contribution is -2.30. The highest BCUT2D eigenvalue weighted by molar-refractivity contribution is 7.99. The Bertz CT molecular complexity index is 800. The number of carbonyl (C=O) groups is 1. The molecule has 2 aromatic carbocycles. The predicted octanol–water partition coefficient (Wildman–Crippen LogP) is 4.90. The molecule has 1 fully saturated rings. The molecule has 4 nitrogen and oxygen atoms in total. The van der Waals surface area contributed by atoms with Crippen LogP contribution in [0.2, 0.25) is 10.0 Å². The number of nitrogens with zero attached hydrogens (tertiary/aromatic N) is 1. The molecule has 0 spiro atoms. The third kappa shape index (κ3) is 3.68. The molecule has 0 aliphatic carbocycles. The zero-order chi connectivity index (χ0) is 18.0. The molecule has 0 saturated carbocycles. The summed E-state index contributed by atoms with van der Waals surface area (Å²) in [6.45, 7) is 0.641. The van der Waals surface area contributed by atoms with Gasteiger partial charge in [0, 0.05) is 29.0 Å². The van der Waals surface area contributed by atoms with E-state index < -0.39 is 0 Å². The molecule has 2 aromatic rings. The van der Waals surface area contributed by atoms with Crippen LogP contribution in [0, 0.1) is 0 Å². The average molecular weight is 398 g/mol. The summed E-state index contributed by atoms with van der Waals surface area (Å²) in [4.78, 5) is 14.8. The van der Waals surface area contributed by atoms with Crippen molar-refractivity contribution in [1.29, 1.82) is 0 Å². The first-order chi connectivity index (χ1) is 12.0. The molecular weight excluding hydrogens is 381 g/mol. The molecule has 1 saturated heterocycles. The van der Waals surface area contributed by atoms with Gasteiger partial charge in [-0.15, -0.1) is 11.8 Å². The van der Waals surface area contributed by atoms with Crippen molar-refractivity contribution in [2.75, 3.05) is 26.5 Å². The van der Waals surface area contributed by atoms with Crippen molar-refractivity contribution in [2.24, 2.45) is 0 Å². The molecule has 1 aliphatic rings. The van der Waals surface area contributed by atoms with Crippen LogP contribution < -0.4 is 9.47 Å². The Labute approximate surface area is 161 Å². The second-order valence-electron chi connectivity index (χ2n) is 5.45. The summed E-state index contributed by atoms with van der Waals surface area (Å²) < 4.78 is 10.7. The summed E-state index contributed by atoms with van der Waals surface area (Å²) >= 11 is 13.8. The summed E-state index contributed by atoms with van der Waals surface area (Å²) in [7, 11) is 3.22. The third-order valence-corrected chi connectivity index (χ3v) is 5.81. The Morgan fingerprint density at radius 2 is 1.96 bits per heavy atom. The average Bonchev–Trinajstić information content (AvgIpc) is 3.10. The van der Waals surface area contributed by atoms with E-state index in [0.29, 0.717) is 33.7 Å². The number of rotatable bonds is 4. The largest absolute Gasteiger partial charge is 0.497 e. The lowest BCUT2D eigenvalue weighted by molar-refractivity contribution is 0.0759. The smallest absolute Gasteiger partial charge is 0.256 e. The Balaban J connectivity index is 1.94. The summed E-state index contributed by atoms with van der Waals surface area (Å²) in [5, 5.41) is 0.723. The molecule has 25 heavy (non-hydrogen) atoms. The zero-order valence-corrected chi connectivity index (χ0v) is 16.1. The van der Waals surface area contributed by atoms with Crippen molar-refractivity contribution >= 4 is 40.9 Å². The number of hydrogen-bond acceptors (Lipinski definition) is 4. The van der Waals surface area contributed by atoms with Crippen molar-refractivity contribution in [2.45, 2.75) is 5.37 Å². The van der Waals surface area contributed by atoms with E-state index in [4.69, 9.17) is 32.7 Å². The summed E-state index contributed by atoms with van der Waals surface area (Å²) in [6, 6.07) is 10.6. The fourth-order valence-electron chi connectivity index (χ4n) is 2.78. The van der Waals surface area contributed by atoms with Gasteiger partial charge >= 0.3 is 0 Å². The topological polar surface area (TPSA) is 38.8 Å². The minimum absolute atomic E-state index is 0.116. The van der Waals surface area contributed by atoms with Gasteiger partial charge in [0.25, 0.3) is 5.91 Å². The predicted molar refractivity (Wildman–Crippen MR) is 102 cm³/mol. The molecule has 1 amide bonds. The number of ether oxygens (including phenoxy) is 2. The molecule has 1 atom stereocenters. The molecule has 0 N–H and O–H groups in total. The molecule has 132 valence electrons. The molecule has 7 heteroatoms. The van der Waals surface area contributed by atoms with E-state index in [1.165, 1.54) is 0 Å². The molecule has 3 rings (SSSR count). The normalized spacial score (nSPS) is 16.8. The number of thioether (sulfide) groups is 1. The van der Waals surface area contributed by atoms with Gasteiger partial charge in [0.1, 0.15) is 16.9 Å². The maximum absolute atomic E-state index is 13.0. The number of amides is 1. The highest BCUT2D eigenvalue weighted by Crippen LogP contribution is 2.44. The Morgan fingerprint density at radius 1 is 1.16 bits per heavy atom. The van der Waals surface area contributed by atoms with Crippen LogP contribution in [-0.2, 0) is 0 Å². The van der Waals surface area contributed by atoms with Gasteiger partial charge < -0.3 is 14.4 Å². The second-order valence-corrected chi connectivity index (χ2v) is 7.49. The highest BCUT2D eigenvalue weighted by atomic mass is 35.5. The van der Waals surface area contributed by atoms with E-state index in [9.17, 15) is 4.79 Å². The van der Waals surface area contributed by atoms with Crippen LogP contribution in [0.3, 0.4) is 0 Å². The fraction of sp³-hybridized carbons (Fsp3) is 0.278. The van der Waals surface area contributed by atoms with E-state index in [2.05, 4.69) is 0 Å². The zero-order valence-electron chi connectivity index (χ0n) is 13.8. The number of halogens is 2. The van der Waals surface area contributed by atoms with Gasteiger partial charge in [-0.3, -0.25) is 4.79 Å². The van der Waals surface area contributed by atoms with Crippen LogP contribution in [-0.4, -0.2) is 37.3 Å². The summed E-state index contributed by atoms with van der Waals surface area (Å²) in [6.07, 6.45) is 0. The Kier molecular flexibility index (Phi) is 5.67. The summed E-state index contributed by atoms with van der Waals surface area (Å²) in [5.74, 6) is 2.13. The first-order valence-corrected chi connectivity index (χ1v) is 9.45. The first kappa shape index (κ1) is 18.2. The van der Waals surface area contributed by atoms with E-state index in [1.54, 1.807) is 44.2 Å². The van der Waals surface area contributed by atoms with Crippen molar-refractivity contribution in [3.63, 3.8) is 0 Å². The van der Waals surface area contributed by atoms with E-state index >= 15 is 0 Å². The highest BCUT2D eigenvalue weighted by Gasteiger charge is 2.34. The molecule has 0 aromatic heterocycles. The first-order valence-electron chi connectivity index (χ1n) is 7.64. The maximum Gasteiger partial charge on any atom is 0.256 e. The molecule has 1 aliphatic heterocycles. The van der Waals surface area contributed by atoms with Crippen LogP contribution in [0.1, 0.15) is 21.3 Å². The number of carbonyl (C=O) groups excluding carboxylic acids is 1. The van der Waals surface area contributed by atoms with Gasteiger partial charge in [-0.1, -0.05) is 23.2 Å². The minimum Gasteiger partial charge on any atom is -0.497 e. The summed E-state index contributed by atoms with van der Waals surface area (Å²) in [5.41, 5.74) is 1.38. The van der Waals surface area contributed by atoms with Gasteiger partial charge in [-0.2, -0.15) is 0 Å². The SMILES string of the molecule is COc1ccc(C2SCCN2C(=O)c2ccc(Cl)cc2Cl)c(OC)c1. The van der Waals surface area contributed by atoms with Crippen molar-refractivity contribution in [3.05, 3.63) is 57.6 Å². The lowest BCUT2D eigenvalue weighted by Gasteiger charge is -2.26. The van der Waals surface area contributed by atoms with Gasteiger partial charge in [0.05, 0.1) is 24.8 Å². The lowest BCUT2D eigenvalue weighted by atomic mass is 10.1. The van der Waals surface area contributed by atoms with Crippen LogP contribution in [0.5, 0.6) is 11.5 Å². The van der Waals surface area contributed by atoms with Crippen molar-refractivity contribution < 1.29 is 14.3 Å². The van der Waals surface area contributed by atoms with Gasteiger partial charge in [0.15, 0.2) is 0 Å². The Hall–Kier alpha value is -1.56. The van der Waals surface area contributed by atoms with Crippen molar-refractivity contribution in [3.8, 4) is 11.5 Å². The van der Waals surface area contributed by atoms with Crippen LogP contribution >= 0.6 is 35.0 Å². The van der Waals surface area contributed by atoms with Crippen LogP contribution in [0.25, 0.3) is 0 Å². The molecule has 0 bridgehead atoms. The third-order valence-electron chi connectivity index (χ3n) is 4.02. The minimum atomic E-state index is -0.139. The van der Waals surface area contributed by atoms with Gasteiger partial charge in [-0.25, -0.2) is 0 Å². The maximum atomic E-state index is 13.0. The number of methoxy groups -OCH3 is 2. The van der Waals surface area contributed by atoms with Crippen LogP contribution in [0.15, 0.2) is 36.4 Å². The van der Waals surface area contributed by atoms with E-state index in [1.807, 2.05) is 23.1 Å². The second kappa shape index (κ2) is 7.77. The molecule has 1 heterocycles. The number of hydrogen-bond donors (Lipinski definition) is 0. The van der Waals surface area contributed by atoms with Crippen molar-refractivity contribution in [1.82, 2.24) is 4.90 Å². The van der Waals surface area contributed by atoms with Crippen LogP contribution in [0.4, 0.5) is 0 Å². The standard InChI is InChI=1S/C18H17Cl2NO3S/c1-23-12-4-6-14(16(10-12)24-2)18-21(7-8-25-18)17(22)13-5-3-11(19)9-15(13)20/h3-6,9-10,18H,7-8H2,1-2H3. The van der Waals surface area contributed by atoms with E-state index in [-0.39, 0.29) is 11.3 Å².